The van der Waals surface area contributed by atoms with Crippen molar-refractivity contribution in [2.24, 2.45) is 17.8 Å². The minimum atomic E-state index is -0.829. The lowest BCUT2D eigenvalue weighted by Gasteiger charge is -2.19. The van der Waals surface area contributed by atoms with Crippen LogP contribution < -0.4 is 5.32 Å². The van der Waals surface area contributed by atoms with Gasteiger partial charge in [-0.25, -0.2) is 0 Å². The SMILES string of the molecule is CCCCCCC(C)NC(=O)C1CC(C)CC1C(=O)O. The highest BCUT2D eigenvalue weighted by atomic mass is 16.4. The van der Waals surface area contributed by atoms with Gasteiger partial charge in [0.25, 0.3) is 0 Å². The number of rotatable bonds is 8. The fourth-order valence-corrected chi connectivity index (χ4v) is 3.15. The van der Waals surface area contributed by atoms with Crippen molar-refractivity contribution in [3.8, 4) is 0 Å². The van der Waals surface area contributed by atoms with Crippen LogP contribution >= 0.6 is 0 Å². The van der Waals surface area contributed by atoms with Crippen LogP contribution in [0.4, 0.5) is 0 Å². The molecule has 1 saturated carbocycles. The fourth-order valence-electron chi connectivity index (χ4n) is 3.15. The summed E-state index contributed by atoms with van der Waals surface area (Å²) in [6.45, 7) is 6.22. The predicted molar refractivity (Wildman–Crippen MR) is 79.4 cm³/mol. The monoisotopic (exact) mass is 283 g/mol. The summed E-state index contributed by atoms with van der Waals surface area (Å²) < 4.78 is 0. The number of carbonyl (C=O) groups excluding carboxylic acids is 1. The van der Waals surface area contributed by atoms with Gasteiger partial charge in [-0.1, -0.05) is 39.5 Å². The van der Waals surface area contributed by atoms with E-state index in [2.05, 4.69) is 12.2 Å². The maximum absolute atomic E-state index is 12.2. The van der Waals surface area contributed by atoms with Gasteiger partial charge in [0.2, 0.25) is 5.91 Å². The highest BCUT2D eigenvalue weighted by Crippen LogP contribution is 2.36. The largest absolute Gasteiger partial charge is 0.481 e. The lowest BCUT2D eigenvalue weighted by Crippen LogP contribution is -2.40. The van der Waals surface area contributed by atoms with Crippen LogP contribution in [0.3, 0.4) is 0 Å². The van der Waals surface area contributed by atoms with Crippen molar-refractivity contribution in [1.29, 1.82) is 0 Å². The molecule has 1 amide bonds. The standard InChI is InChI=1S/C16H29NO3/c1-4-5-6-7-8-12(3)17-15(18)13-9-11(2)10-14(13)16(19)20/h11-14H,4-10H2,1-3H3,(H,17,18)(H,19,20). The zero-order valence-electron chi connectivity index (χ0n) is 13.0. The lowest BCUT2D eigenvalue weighted by molar-refractivity contribution is -0.146. The number of hydrogen-bond acceptors (Lipinski definition) is 2. The van der Waals surface area contributed by atoms with Gasteiger partial charge in [0.15, 0.2) is 0 Å². The molecule has 0 radical (unpaired) electrons. The second kappa shape index (κ2) is 8.28. The van der Waals surface area contributed by atoms with Crippen LogP contribution in [0.2, 0.25) is 0 Å². The summed E-state index contributed by atoms with van der Waals surface area (Å²) in [6, 6.07) is 0.143. The second-order valence-corrected chi connectivity index (χ2v) is 6.39. The summed E-state index contributed by atoms with van der Waals surface area (Å²) in [4.78, 5) is 23.4. The summed E-state index contributed by atoms with van der Waals surface area (Å²) >= 11 is 0. The molecule has 1 aliphatic rings. The summed E-state index contributed by atoms with van der Waals surface area (Å²) in [5.41, 5.74) is 0. The first-order valence-electron chi connectivity index (χ1n) is 7.98. The Morgan fingerprint density at radius 1 is 1.20 bits per heavy atom. The Hall–Kier alpha value is -1.06. The molecule has 20 heavy (non-hydrogen) atoms. The maximum atomic E-state index is 12.2. The zero-order valence-corrected chi connectivity index (χ0v) is 13.0. The van der Waals surface area contributed by atoms with Crippen molar-refractivity contribution < 1.29 is 14.7 Å². The van der Waals surface area contributed by atoms with Crippen molar-refractivity contribution in [3.63, 3.8) is 0 Å². The van der Waals surface area contributed by atoms with Gasteiger partial charge in [-0.3, -0.25) is 9.59 Å². The number of hydrogen-bond donors (Lipinski definition) is 2. The van der Waals surface area contributed by atoms with E-state index in [1.165, 1.54) is 19.3 Å². The summed E-state index contributed by atoms with van der Waals surface area (Å²) in [7, 11) is 0. The van der Waals surface area contributed by atoms with Crippen molar-refractivity contribution in [2.75, 3.05) is 0 Å². The average molecular weight is 283 g/mol. The van der Waals surface area contributed by atoms with Crippen LogP contribution in [0, 0.1) is 17.8 Å². The third-order valence-electron chi connectivity index (χ3n) is 4.33. The zero-order chi connectivity index (χ0) is 15.1. The quantitative estimate of drug-likeness (QED) is 0.672. The van der Waals surface area contributed by atoms with Crippen molar-refractivity contribution in [2.45, 2.75) is 71.8 Å². The van der Waals surface area contributed by atoms with Crippen LogP contribution in [-0.4, -0.2) is 23.0 Å². The number of carbonyl (C=O) groups is 2. The van der Waals surface area contributed by atoms with E-state index in [0.29, 0.717) is 18.8 Å². The molecule has 0 aromatic carbocycles. The van der Waals surface area contributed by atoms with Gasteiger partial charge in [-0.15, -0.1) is 0 Å². The Labute approximate surface area is 122 Å². The van der Waals surface area contributed by atoms with Crippen LogP contribution in [-0.2, 0) is 9.59 Å². The minimum absolute atomic E-state index is 0.0651. The first-order valence-corrected chi connectivity index (χ1v) is 7.98. The lowest BCUT2D eigenvalue weighted by atomic mass is 9.95. The fraction of sp³-hybridized carbons (Fsp3) is 0.875. The molecule has 4 heteroatoms. The highest BCUT2D eigenvalue weighted by Gasteiger charge is 2.41. The van der Waals surface area contributed by atoms with Gasteiger partial charge < -0.3 is 10.4 Å². The van der Waals surface area contributed by atoms with E-state index in [9.17, 15) is 14.7 Å². The van der Waals surface area contributed by atoms with Gasteiger partial charge in [0.1, 0.15) is 0 Å². The van der Waals surface area contributed by atoms with Gasteiger partial charge in [-0.2, -0.15) is 0 Å². The topological polar surface area (TPSA) is 66.4 Å². The van der Waals surface area contributed by atoms with E-state index in [1.807, 2.05) is 13.8 Å². The number of unbranched alkanes of at least 4 members (excludes halogenated alkanes) is 3. The Morgan fingerprint density at radius 2 is 1.85 bits per heavy atom. The molecule has 116 valence electrons. The summed E-state index contributed by atoms with van der Waals surface area (Å²) in [5, 5.41) is 12.2. The second-order valence-electron chi connectivity index (χ2n) is 6.39. The molecule has 1 rings (SSSR count). The first-order chi connectivity index (χ1) is 9.45. The van der Waals surface area contributed by atoms with Gasteiger partial charge in [-0.05, 0) is 32.1 Å². The predicted octanol–water partition coefficient (Wildman–Crippen LogP) is 3.21. The Kier molecular flexibility index (Phi) is 7.03. The van der Waals surface area contributed by atoms with E-state index in [-0.39, 0.29) is 17.9 Å². The van der Waals surface area contributed by atoms with Gasteiger partial charge in [0, 0.05) is 6.04 Å². The molecule has 0 spiro atoms. The summed E-state index contributed by atoms with van der Waals surface area (Å²) in [6.07, 6.45) is 7.08. The third-order valence-corrected chi connectivity index (χ3v) is 4.33. The molecule has 0 aliphatic heterocycles. The molecule has 0 saturated heterocycles. The van der Waals surface area contributed by atoms with Gasteiger partial charge >= 0.3 is 5.97 Å². The number of nitrogens with one attached hydrogen (secondary N) is 1. The molecule has 0 aromatic rings. The Bertz CT molecular complexity index is 330. The molecular weight excluding hydrogens is 254 g/mol. The first kappa shape index (κ1) is 17.0. The molecule has 1 fully saturated rings. The van der Waals surface area contributed by atoms with Crippen LogP contribution in [0.1, 0.15) is 65.7 Å². The Balaban J connectivity index is 2.39. The van der Waals surface area contributed by atoms with E-state index < -0.39 is 11.9 Å². The number of aliphatic carboxylic acids is 1. The molecule has 0 aromatic heterocycles. The van der Waals surface area contributed by atoms with E-state index >= 15 is 0 Å². The molecule has 4 atom stereocenters. The van der Waals surface area contributed by atoms with E-state index in [4.69, 9.17) is 0 Å². The van der Waals surface area contributed by atoms with Crippen LogP contribution in [0.5, 0.6) is 0 Å². The summed E-state index contributed by atoms with van der Waals surface area (Å²) in [5.74, 6) is -1.42. The molecule has 2 N–H and O–H groups in total. The van der Waals surface area contributed by atoms with E-state index in [1.54, 1.807) is 0 Å². The normalized spacial score (nSPS) is 27.2. The molecule has 4 nitrogen and oxygen atoms in total. The van der Waals surface area contributed by atoms with Crippen molar-refractivity contribution in [3.05, 3.63) is 0 Å². The Morgan fingerprint density at radius 3 is 2.45 bits per heavy atom. The van der Waals surface area contributed by atoms with Crippen LogP contribution in [0.25, 0.3) is 0 Å². The molecular formula is C16H29NO3. The number of carboxylic acid groups (broad SMARTS) is 1. The molecule has 0 heterocycles. The smallest absolute Gasteiger partial charge is 0.307 e. The third kappa shape index (κ3) is 5.14. The van der Waals surface area contributed by atoms with Crippen molar-refractivity contribution >= 4 is 11.9 Å². The molecule has 1 aliphatic carbocycles. The highest BCUT2D eigenvalue weighted by molar-refractivity contribution is 5.85. The minimum Gasteiger partial charge on any atom is -0.481 e. The average Bonchev–Trinajstić information content (AvgIpc) is 2.77. The molecule has 4 unspecified atom stereocenters. The van der Waals surface area contributed by atoms with Gasteiger partial charge in [0.05, 0.1) is 11.8 Å². The van der Waals surface area contributed by atoms with Crippen LogP contribution in [0.15, 0.2) is 0 Å². The molecule has 0 bridgehead atoms. The number of amides is 1. The van der Waals surface area contributed by atoms with Crippen molar-refractivity contribution in [1.82, 2.24) is 5.32 Å². The maximum Gasteiger partial charge on any atom is 0.307 e. The van der Waals surface area contributed by atoms with E-state index in [0.717, 1.165) is 12.8 Å². The number of carboxylic acids is 1.